The molecule has 1 rings (SSSR count). The highest BCUT2D eigenvalue weighted by Gasteiger charge is 2.07. The molecule has 0 heterocycles. The van der Waals surface area contributed by atoms with Crippen molar-refractivity contribution in [1.29, 1.82) is 0 Å². The van der Waals surface area contributed by atoms with Gasteiger partial charge in [-0.05, 0) is 31.5 Å². The minimum absolute atomic E-state index is 0.235. The van der Waals surface area contributed by atoms with Crippen LogP contribution in [-0.2, 0) is 0 Å². The molecular formula is C11H15FN2O. The Kier molecular flexibility index (Phi) is 3.66. The van der Waals surface area contributed by atoms with Crippen LogP contribution in [0, 0.1) is 12.7 Å². The van der Waals surface area contributed by atoms with Gasteiger partial charge < -0.3 is 10.2 Å². The second kappa shape index (κ2) is 4.77. The van der Waals surface area contributed by atoms with Gasteiger partial charge in [0.25, 0.3) is 0 Å². The van der Waals surface area contributed by atoms with Gasteiger partial charge in [0.15, 0.2) is 0 Å². The van der Waals surface area contributed by atoms with Crippen molar-refractivity contribution in [3.05, 3.63) is 29.6 Å². The van der Waals surface area contributed by atoms with Crippen molar-refractivity contribution >= 4 is 11.7 Å². The summed E-state index contributed by atoms with van der Waals surface area (Å²) in [5.74, 6) is -0.313. The molecule has 0 aliphatic rings. The van der Waals surface area contributed by atoms with Gasteiger partial charge in [0.1, 0.15) is 5.82 Å². The highest BCUT2D eigenvalue weighted by molar-refractivity contribution is 5.89. The van der Waals surface area contributed by atoms with E-state index in [2.05, 4.69) is 5.32 Å². The Morgan fingerprint density at radius 2 is 2.20 bits per heavy atom. The minimum atomic E-state index is -0.313. The van der Waals surface area contributed by atoms with E-state index in [9.17, 15) is 9.18 Å². The van der Waals surface area contributed by atoms with E-state index in [1.807, 2.05) is 6.92 Å². The van der Waals surface area contributed by atoms with E-state index in [-0.39, 0.29) is 11.8 Å². The second-order valence-corrected chi connectivity index (χ2v) is 3.41. The SMILES string of the molecule is CCN(C)C(=O)Nc1ccc(C)c(F)c1. The predicted molar refractivity (Wildman–Crippen MR) is 58.5 cm³/mol. The molecular weight excluding hydrogens is 195 g/mol. The van der Waals surface area contributed by atoms with Crippen molar-refractivity contribution in [3.8, 4) is 0 Å². The second-order valence-electron chi connectivity index (χ2n) is 3.41. The van der Waals surface area contributed by atoms with Crippen LogP contribution in [0.25, 0.3) is 0 Å². The zero-order chi connectivity index (χ0) is 11.4. The van der Waals surface area contributed by atoms with Crippen LogP contribution in [0.5, 0.6) is 0 Å². The van der Waals surface area contributed by atoms with Crippen molar-refractivity contribution < 1.29 is 9.18 Å². The molecule has 1 N–H and O–H groups in total. The lowest BCUT2D eigenvalue weighted by molar-refractivity contribution is 0.224. The topological polar surface area (TPSA) is 32.3 Å². The molecule has 0 bridgehead atoms. The molecule has 0 fully saturated rings. The number of nitrogens with zero attached hydrogens (tertiary/aromatic N) is 1. The van der Waals surface area contributed by atoms with Crippen molar-refractivity contribution in [2.24, 2.45) is 0 Å². The van der Waals surface area contributed by atoms with E-state index in [0.717, 1.165) is 0 Å². The van der Waals surface area contributed by atoms with Crippen LogP contribution >= 0.6 is 0 Å². The normalized spacial score (nSPS) is 9.87. The van der Waals surface area contributed by atoms with Crippen LogP contribution in [0.1, 0.15) is 12.5 Å². The van der Waals surface area contributed by atoms with Gasteiger partial charge in [0, 0.05) is 19.3 Å². The molecule has 1 aromatic rings. The third-order valence-corrected chi connectivity index (χ3v) is 2.24. The lowest BCUT2D eigenvalue weighted by Crippen LogP contribution is -2.30. The van der Waals surface area contributed by atoms with Gasteiger partial charge in [-0.2, -0.15) is 0 Å². The molecule has 3 nitrogen and oxygen atoms in total. The molecule has 0 aliphatic carbocycles. The molecule has 0 aliphatic heterocycles. The molecule has 0 unspecified atom stereocenters. The standard InChI is InChI=1S/C11H15FN2O/c1-4-14(3)11(15)13-9-6-5-8(2)10(12)7-9/h5-7H,4H2,1-3H3,(H,13,15). The third-order valence-electron chi connectivity index (χ3n) is 2.24. The molecule has 2 amide bonds. The number of anilines is 1. The van der Waals surface area contributed by atoms with Crippen molar-refractivity contribution in [2.75, 3.05) is 18.9 Å². The van der Waals surface area contributed by atoms with Gasteiger partial charge >= 0.3 is 6.03 Å². The fourth-order valence-electron chi connectivity index (χ4n) is 1.03. The molecule has 15 heavy (non-hydrogen) atoms. The number of hydrogen-bond donors (Lipinski definition) is 1. The van der Waals surface area contributed by atoms with Crippen LogP contribution in [-0.4, -0.2) is 24.5 Å². The fraction of sp³-hybridized carbons (Fsp3) is 0.364. The van der Waals surface area contributed by atoms with E-state index in [4.69, 9.17) is 0 Å². The Morgan fingerprint density at radius 3 is 2.73 bits per heavy atom. The first kappa shape index (κ1) is 11.5. The Bertz CT molecular complexity index is 366. The Morgan fingerprint density at radius 1 is 1.53 bits per heavy atom. The summed E-state index contributed by atoms with van der Waals surface area (Å²) in [7, 11) is 1.68. The maximum absolute atomic E-state index is 13.1. The van der Waals surface area contributed by atoms with Crippen LogP contribution in [0.4, 0.5) is 14.9 Å². The van der Waals surface area contributed by atoms with Crippen LogP contribution in [0.15, 0.2) is 18.2 Å². The molecule has 0 atom stereocenters. The zero-order valence-corrected chi connectivity index (χ0v) is 9.17. The summed E-state index contributed by atoms with van der Waals surface area (Å²) in [5.41, 5.74) is 1.04. The quantitative estimate of drug-likeness (QED) is 0.799. The highest BCUT2D eigenvalue weighted by Crippen LogP contribution is 2.13. The number of carbonyl (C=O) groups excluding carboxylic acids is 1. The first-order valence-corrected chi connectivity index (χ1v) is 4.83. The van der Waals surface area contributed by atoms with E-state index in [1.165, 1.54) is 11.0 Å². The van der Waals surface area contributed by atoms with Crippen LogP contribution < -0.4 is 5.32 Å². The smallest absolute Gasteiger partial charge is 0.321 e. The van der Waals surface area contributed by atoms with Gasteiger partial charge in [-0.3, -0.25) is 0 Å². The largest absolute Gasteiger partial charge is 0.328 e. The monoisotopic (exact) mass is 210 g/mol. The minimum Gasteiger partial charge on any atom is -0.328 e. The summed E-state index contributed by atoms with van der Waals surface area (Å²) < 4.78 is 13.1. The lowest BCUT2D eigenvalue weighted by atomic mass is 10.2. The van der Waals surface area contributed by atoms with Crippen molar-refractivity contribution in [2.45, 2.75) is 13.8 Å². The van der Waals surface area contributed by atoms with Crippen molar-refractivity contribution in [3.63, 3.8) is 0 Å². The highest BCUT2D eigenvalue weighted by atomic mass is 19.1. The summed E-state index contributed by atoms with van der Waals surface area (Å²) in [6.45, 7) is 4.16. The Labute approximate surface area is 88.9 Å². The van der Waals surface area contributed by atoms with Crippen LogP contribution in [0.2, 0.25) is 0 Å². The van der Waals surface area contributed by atoms with E-state index >= 15 is 0 Å². The molecule has 0 saturated heterocycles. The summed E-state index contributed by atoms with van der Waals surface area (Å²) in [4.78, 5) is 12.9. The summed E-state index contributed by atoms with van der Waals surface area (Å²) in [6, 6.07) is 4.40. The number of halogens is 1. The lowest BCUT2D eigenvalue weighted by Gasteiger charge is -2.15. The number of aryl methyl sites for hydroxylation is 1. The number of carbonyl (C=O) groups is 1. The van der Waals surface area contributed by atoms with Crippen LogP contribution in [0.3, 0.4) is 0 Å². The fourth-order valence-corrected chi connectivity index (χ4v) is 1.03. The average Bonchev–Trinajstić information content (AvgIpc) is 2.22. The molecule has 0 radical (unpaired) electrons. The van der Waals surface area contributed by atoms with Gasteiger partial charge in [-0.25, -0.2) is 9.18 Å². The first-order chi connectivity index (χ1) is 7.04. The predicted octanol–water partition coefficient (Wildman–Crippen LogP) is 2.62. The maximum atomic E-state index is 13.1. The number of amides is 2. The average molecular weight is 210 g/mol. The Balaban J connectivity index is 2.73. The number of hydrogen-bond acceptors (Lipinski definition) is 1. The third kappa shape index (κ3) is 2.94. The zero-order valence-electron chi connectivity index (χ0n) is 9.17. The summed E-state index contributed by atoms with van der Waals surface area (Å²) >= 11 is 0. The number of nitrogens with one attached hydrogen (secondary N) is 1. The molecule has 0 spiro atoms. The van der Waals surface area contributed by atoms with Gasteiger partial charge in [-0.15, -0.1) is 0 Å². The Hall–Kier alpha value is -1.58. The number of benzene rings is 1. The molecule has 4 heteroatoms. The molecule has 82 valence electrons. The molecule has 0 aromatic heterocycles. The van der Waals surface area contributed by atoms with E-state index in [0.29, 0.717) is 17.8 Å². The molecule has 1 aromatic carbocycles. The summed E-state index contributed by atoms with van der Waals surface area (Å²) in [5, 5.41) is 2.61. The van der Waals surface area contributed by atoms with E-state index in [1.54, 1.807) is 26.1 Å². The van der Waals surface area contributed by atoms with Gasteiger partial charge in [-0.1, -0.05) is 6.07 Å². The van der Waals surface area contributed by atoms with E-state index < -0.39 is 0 Å². The molecule has 0 saturated carbocycles. The first-order valence-electron chi connectivity index (χ1n) is 4.83. The van der Waals surface area contributed by atoms with Crippen molar-refractivity contribution in [1.82, 2.24) is 4.90 Å². The number of urea groups is 1. The maximum Gasteiger partial charge on any atom is 0.321 e. The van der Waals surface area contributed by atoms with Gasteiger partial charge in [0.2, 0.25) is 0 Å². The van der Waals surface area contributed by atoms with Gasteiger partial charge in [0.05, 0.1) is 0 Å². The number of rotatable bonds is 2. The summed E-state index contributed by atoms with van der Waals surface area (Å²) in [6.07, 6.45) is 0.